The van der Waals surface area contributed by atoms with Gasteiger partial charge in [0.25, 0.3) is 0 Å². The molecular weight excluding hydrogens is 496 g/mol. The summed E-state index contributed by atoms with van der Waals surface area (Å²) in [6.45, 7) is 0. The van der Waals surface area contributed by atoms with Gasteiger partial charge in [-0.15, -0.1) is 0 Å². The smallest absolute Gasteiger partial charge is 0.143 e. The molecule has 0 aliphatic rings. The van der Waals surface area contributed by atoms with Crippen molar-refractivity contribution in [2.24, 2.45) is 0 Å². The Morgan fingerprint density at radius 1 is 0.390 bits per heavy atom. The molecule has 7 aromatic carbocycles. The number of fused-ring (bicyclic) bond motifs is 3. The lowest BCUT2D eigenvalue weighted by Crippen LogP contribution is -1.91. The second-order valence-electron chi connectivity index (χ2n) is 9.13. The Morgan fingerprint density at radius 2 is 0.927 bits per heavy atom. The van der Waals surface area contributed by atoms with Crippen molar-refractivity contribution in [2.45, 2.75) is 0 Å². The quantitative estimate of drug-likeness (QED) is 0.202. The molecule has 0 saturated heterocycles. The lowest BCUT2D eigenvalue weighted by Gasteiger charge is -2.18. The summed E-state index contributed by atoms with van der Waals surface area (Å²) < 4.78 is 165. The van der Waals surface area contributed by atoms with Crippen molar-refractivity contribution >= 4 is 32.5 Å². The van der Waals surface area contributed by atoms with Crippen molar-refractivity contribution in [2.75, 3.05) is 0 Å². The summed E-state index contributed by atoms with van der Waals surface area (Å²) in [5.41, 5.74) is -0.558. The summed E-state index contributed by atoms with van der Waals surface area (Å²) in [7, 11) is 0. The molecule has 1 heterocycles. The summed E-state index contributed by atoms with van der Waals surface area (Å²) >= 11 is 0. The first-order valence-corrected chi connectivity index (χ1v) is 12.6. The molecule has 1 heteroatoms. The lowest BCUT2D eigenvalue weighted by molar-refractivity contribution is 0.632. The Balaban J connectivity index is 1.74. The molecule has 192 valence electrons. The molecule has 0 N–H and O–H groups in total. The van der Waals surface area contributed by atoms with Gasteiger partial charge in [-0.2, -0.15) is 0 Å². The van der Waals surface area contributed by atoms with Crippen LogP contribution in [0.15, 0.2) is 162 Å². The Bertz CT molecular complexity index is 3050. The zero-order valence-corrected chi connectivity index (χ0v) is 21.0. The van der Waals surface area contributed by atoms with Crippen molar-refractivity contribution in [1.82, 2.24) is 0 Å². The average molecular weight is 541 g/mol. The maximum Gasteiger partial charge on any atom is 0.143 e. The molecule has 8 rings (SSSR count). The SMILES string of the molecule is [2H]c1c([2H])c([2H])c(-c2oc3cc(-c4ccccc4)ccc3c2-c2c3c([2H])c([2H])c([2H])c([2H])c3c(-c3c([2H])c([2H])c([2H])c([2H])c3[2H])c3c([2H])c([2H])c([2H])c([2H])c23)c([2H])c1[2H]. The maximum atomic E-state index is 9.39. The Kier molecular flexibility index (Phi) is 2.73. The normalized spacial score (nSPS) is 17.6. The molecule has 1 aromatic heterocycles. The van der Waals surface area contributed by atoms with Gasteiger partial charge in [0.15, 0.2) is 0 Å². The molecule has 0 amide bonds. The van der Waals surface area contributed by atoms with Crippen LogP contribution >= 0.6 is 0 Å². The zero-order chi connectivity index (χ0) is 42.8. The summed E-state index contributed by atoms with van der Waals surface area (Å²) in [5.74, 6) is -0.389. The van der Waals surface area contributed by atoms with E-state index < -0.39 is 147 Å². The third-order valence-electron chi connectivity index (χ3n) is 6.90. The Morgan fingerprint density at radius 3 is 1.54 bits per heavy atom. The van der Waals surface area contributed by atoms with E-state index in [-0.39, 0.29) is 27.9 Å². The van der Waals surface area contributed by atoms with E-state index in [1.807, 2.05) is 18.2 Å². The number of hydrogen-bond donors (Lipinski definition) is 0. The van der Waals surface area contributed by atoms with Crippen molar-refractivity contribution < 1.29 is 29.1 Å². The second-order valence-corrected chi connectivity index (χ2v) is 9.13. The lowest BCUT2D eigenvalue weighted by atomic mass is 9.84. The molecule has 0 unspecified atom stereocenters. The Hall–Kier alpha value is -5.40. The van der Waals surface area contributed by atoms with E-state index in [1.165, 1.54) is 0 Å². The van der Waals surface area contributed by atoms with Gasteiger partial charge in [0.2, 0.25) is 0 Å². The van der Waals surface area contributed by atoms with Gasteiger partial charge in [0.1, 0.15) is 11.3 Å². The number of hydrogen-bond acceptors (Lipinski definition) is 1. The van der Waals surface area contributed by atoms with Crippen LogP contribution in [0.3, 0.4) is 0 Å². The average Bonchev–Trinajstić information content (AvgIpc) is 3.60. The van der Waals surface area contributed by atoms with Gasteiger partial charge < -0.3 is 4.42 Å². The fourth-order valence-corrected chi connectivity index (χ4v) is 5.19. The minimum Gasteiger partial charge on any atom is -0.455 e. The van der Waals surface area contributed by atoms with E-state index in [2.05, 4.69) is 0 Å². The summed E-state index contributed by atoms with van der Waals surface area (Å²) in [4.78, 5) is 0. The maximum absolute atomic E-state index is 9.39. The molecular formula is C40H26O. The molecule has 0 aliphatic heterocycles. The van der Waals surface area contributed by atoms with Crippen LogP contribution in [0, 0.1) is 0 Å². The van der Waals surface area contributed by atoms with Crippen LogP contribution in [0.4, 0.5) is 0 Å². The van der Waals surface area contributed by atoms with Gasteiger partial charge in [0, 0.05) is 22.1 Å². The predicted molar refractivity (Wildman–Crippen MR) is 173 cm³/mol. The molecule has 0 atom stereocenters. The van der Waals surface area contributed by atoms with Gasteiger partial charge in [-0.3, -0.25) is 0 Å². The van der Waals surface area contributed by atoms with E-state index in [0.717, 1.165) is 5.56 Å². The number of furan rings is 1. The van der Waals surface area contributed by atoms with Crippen molar-refractivity contribution in [3.8, 4) is 44.7 Å². The molecule has 0 radical (unpaired) electrons. The largest absolute Gasteiger partial charge is 0.455 e. The summed E-state index contributed by atoms with van der Waals surface area (Å²) in [6.07, 6.45) is 0. The third kappa shape index (κ3) is 3.86. The highest BCUT2D eigenvalue weighted by molar-refractivity contribution is 6.24. The van der Waals surface area contributed by atoms with Gasteiger partial charge in [-0.1, -0.05) is 145 Å². The van der Waals surface area contributed by atoms with Crippen LogP contribution in [-0.4, -0.2) is 0 Å². The topological polar surface area (TPSA) is 13.1 Å². The summed E-state index contributed by atoms with van der Waals surface area (Å²) in [5, 5.41) is -1.62. The first kappa shape index (κ1) is 11.6. The highest BCUT2D eigenvalue weighted by atomic mass is 16.3. The second kappa shape index (κ2) is 9.66. The van der Waals surface area contributed by atoms with Crippen LogP contribution in [-0.2, 0) is 0 Å². The zero-order valence-electron chi connectivity index (χ0n) is 39.0. The Labute approximate surface area is 264 Å². The van der Waals surface area contributed by atoms with E-state index >= 15 is 0 Å². The first-order valence-electron chi connectivity index (χ1n) is 21.6. The van der Waals surface area contributed by atoms with Crippen LogP contribution in [0.2, 0.25) is 0 Å². The standard InChI is InChI=1S/C40H26O/c1-4-14-27(15-5-1)30-24-25-35-36(26-30)41-40(29-18-8-3-9-19-29)39(35)38-33-22-12-10-20-31(33)37(28-16-6-2-7-17-28)32-21-11-13-23-34(32)38/h1-26H/i2D,3D,6D,7D,8D,9D,10D,11D,12D,13D,16D,17D,18D,19D,20D,21D,22D,23D. The highest BCUT2D eigenvalue weighted by Crippen LogP contribution is 2.49. The van der Waals surface area contributed by atoms with Gasteiger partial charge >= 0.3 is 0 Å². The molecule has 0 fully saturated rings. The van der Waals surface area contributed by atoms with Crippen LogP contribution in [0.25, 0.3) is 77.2 Å². The molecule has 8 aromatic rings. The molecule has 0 saturated carbocycles. The first-order chi connectivity index (χ1) is 27.8. The van der Waals surface area contributed by atoms with Crippen molar-refractivity contribution in [1.29, 1.82) is 0 Å². The third-order valence-corrected chi connectivity index (χ3v) is 6.90. The van der Waals surface area contributed by atoms with Crippen LogP contribution in [0.5, 0.6) is 0 Å². The monoisotopic (exact) mass is 540 g/mol. The predicted octanol–water partition coefficient (Wildman–Crippen LogP) is 11.4. The van der Waals surface area contributed by atoms with Gasteiger partial charge in [-0.25, -0.2) is 0 Å². The molecule has 1 nitrogen and oxygen atoms in total. The molecule has 0 bridgehead atoms. The minimum atomic E-state index is -0.813. The van der Waals surface area contributed by atoms with E-state index in [9.17, 15) is 5.48 Å². The van der Waals surface area contributed by atoms with Crippen LogP contribution in [0.1, 0.15) is 24.7 Å². The fourth-order valence-electron chi connectivity index (χ4n) is 5.19. The van der Waals surface area contributed by atoms with E-state index in [0.29, 0.717) is 5.56 Å². The molecule has 0 aliphatic carbocycles. The highest BCUT2D eigenvalue weighted by Gasteiger charge is 2.24. The van der Waals surface area contributed by atoms with Gasteiger partial charge in [-0.05, 0) is 55.9 Å². The van der Waals surface area contributed by atoms with Crippen LogP contribution < -0.4 is 0 Å². The molecule has 41 heavy (non-hydrogen) atoms. The van der Waals surface area contributed by atoms with Crippen molar-refractivity contribution in [3.05, 3.63) is 157 Å². The van der Waals surface area contributed by atoms with Crippen molar-refractivity contribution in [3.63, 3.8) is 0 Å². The van der Waals surface area contributed by atoms with E-state index in [1.54, 1.807) is 30.3 Å². The van der Waals surface area contributed by atoms with Gasteiger partial charge in [0.05, 0.1) is 24.7 Å². The molecule has 0 spiro atoms. The van der Waals surface area contributed by atoms with E-state index in [4.69, 9.17) is 23.6 Å². The summed E-state index contributed by atoms with van der Waals surface area (Å²) in [6, 6.07) is 0.116. The number of benzene rings is 7. The fraction of sp³-hybridized carbons (Fsp3) is 0. The minimum absolute atomic E-state index is 0.0702. The number of rotatable bonds is 4.